The van der Waals surface area contributed by atoms with Crippen LogP contribution >= 0.6 is 0 Å². The normalized spacial score (nSPS) is 11.6. The van der Waals surface area contributed by atoms with Crippen LogP contribution in [0, 0.1) is 13.8 Å². The van der Waals surface area contributed by atoms with E-state index in [0.29, 0.717) is 11.4 Å². The molecule has 0 saturated carbocycles. The maximum absolute atomic E-state index is 12.6. The number of aryl methyl sites for hydroxylation is 3. The number of ether oxygens (including phenoxy) is 1. The first kappa shape index (κ1) is 20.7. The van der Waals surface area contributed by atoms with Crippen LogP contribution in [0.5, 0.6) is 0 Å². The molecule has 0 spiro atoms. The molecule has 0 saturated heterocycles. The summed E-state index contributed by atoms with van der Waals surface area (Å²) in [5.41, 5.74) is 2.72. The molecule has 9 nitrogen and oxygen atoms in total. The lowest BCUT2D eigenvalue weighted by atomic mass is 10.3. The van der Waals surface area contributed by atoms with Crippen LogP contribution in [0.1, 0.15) is 34.4 Å². The van der Waals surface area contributed by atoms with Gasteiger partial charge >= 0.3 is 5.97 Å². The summed E-state index contributed by atoms with van der Waals surface area (Å²) in [5.74, 6) is 0.0877. The van der Waals surface area contributed by atoms with Crippen molar-refractivity contribution >= 4 is 16.0 Å². The van der Waals surface area contributed by atoms with Crippen LogP contribution in [-0.4, -0.2) is 40.3 Å². The number of carbonyl (C=O) groups excluding carboxylic acids is 1. The van der Waals surface area contributed by atoms with E-state index in [9.17, 15) is 13.2 Å². The molecule has 3 heterocycles. The highest BCUT2D eigenvalue weighted by Crippen LogP contribution is 2.15. The van der Waals surface area contributed by atoms with Crippen molar-refractivity contribution in [2.45, 2.75) is 32.2 Å². The number of nitrogens with one attached hydrogen (secondary N) is 1. The Kier molecular flexibility index (Phi) is 5.85. The van der Waals surface area contributed by atoms with E-state index in [1.807, 2.05) is 19.9 Å². The summed E-state index contributed by atoms with van der Waals surface area (Å²) >= 11 is 0. The number of pyridine rings is 1. The summed E-state index contributed by atoms with van der Waals surface area (Å²) < 4.78 is 35.8. The molecular weight excluding hydrogens is 394 g/mol. The van der Waals surface area contributed by atoms with Crippen molar-refractivity contribution in [1.82, 2.24) is 24.1 Å². The average Bonchev–Trinajstić information content (AvgIpc) is 3.23. The van der Waals surface area contributed by atoms with Gasteiger partial charge in [0.05, 0.1) is 12.3 Å². The fourth-order valence-corrected chi connectivity index (χ4v) is 3.95. The zero-order valence-electron chi connectivity index (χ0n) is 16.7. The van der Waals surface area contributed by atoms with E-state index in [-0.39, 0.29) is 23.7 Å². The number of sulfonamides is 1. The van der Waals surface area contributed by atoms with Crippen molar-refractivity contribution in [1.29, 1.82) is 0 Å². The van der Waals surface area contributed by atoms with Gasteiger partial charge in [0.25, 0.3) is 0 Å². The van der Waals surface area contributed by atoms with Crippen molar-refractivity contribution in [3.8, 4) is 5.82 Å². The summed E-state index contributed by atoms with van der Waals surface area (Å²) in [5, 5.41) is 4.38. The van der Waals surface area contributed by atoms with Gasteiger partial charge in [0, 0.05) is 31.7 Å². The molecule has 0 aliphatic rings. The molecule has 1 N–H and O–H groups in total. The van der Waals surface area contributed by atoms with Gasteiger partial charge in [0.1, 0.15) is 10.6 Å². The standard InChI is InChI=1S/C19H23N5O4S/c1-5-28-19(25)17-9-16(12-23(17)4)29(26,27)21-11-15-6-7-18(20-10-15)24-14(3)8-13(2)22-24/h6-10,12,21H,5,11H2,1-4H3. The highest BCUT2D eigenvalue weighted by Gasteiger charge is 2.21. The van der Waals surface area contributed by atoms with Crippen molar-refractivity contribution < 1.29 is 17.9 Å². The van der Waals surface area contributed by atoms with Gasteiger partial charge in [-0.15, -0.1) is 0 Å². The zero-order chi connectivity index (χ0) is 21.2. The largest absolute Gasteiger partial charge is 0.461 e. The molecule has 0 amide bonds. The number of hydrogen-bond donors (Lipinski definition) is 1. The molecule has 10 heteroatoms. The van der Waals surface area contributed by atoms with Gasteiger partial charge in [-0.25, -0.2) is 27.6 Å². The second-order valence-corrected chi connectivity index (χ2v) is 8.35. The third-order valence-electron chi connectivity index (χ3n) is 4.28. The smallest absolute Gasteiger partial charge is 0.354 e. The summed E-state index contributed by atoms with van der Waals surface area (Å²) in [7, 11) is -2.21. The van der Waals surface area contributed by atoms with Gasteiger partial charge in [-0.05, 0) is 44.5 Å². The van der Waals surface area contributed by atoms with Gasteiger partial charge in [-0.2, -0.15) is 5.10 Å². The summed E-state index contributed by atoms with van der Waals surface area (Å²) in [4.78, 5) is 16.2. The predicted octanol–water partition coefficient (Wildman–Crippen LogP) is 1.88. The third kappa shape index (κ3) is 4.54. The maximum Gasteiger partial charge on any atom is 0.354 e. The third-order valence-corrected chi connectivity index (χ3v) is 5.65. The van der Waals surface area contributed by atoms with Crippen LogP contribution in [0.4, 0.5) is 0 Å². The number of hydrogen-bond acceptors (Lipinski definition) is 6. The van der Waals surface area contributed by atoms with Crippen LogP contribution in [0.2, 0.25) is 0 Å². The topological polar surface area (TPSA) is 108 Å². The van der Waals surface area contributed by atoms with Crippen molar-refractivity contribution in [2.24, 2.45) is 7.05 Å². The number of aromatic nitrogens is 4. The molecule has 154 valence electrons. The minimum Gasteiger partial charge on any atom is -0.461 e. The van der Waals surface area contributed by atoms with Crippen LogP contribution in [0.25, 0.3) is 5.82 Å². The Labute approximate surface area is 169 Å². The first-order valence-electron chi connectivity index (χ1n) is 9.03. The highest BCUT2D eigenvalue weighted by atomic mass is 32.2. The Morgan fingerprint density at radius 3 is 2.59 bits per heavy atom. The molecule has 0 bridgehead atoms. The van der Waals surface area contributed by atoms with E-state index >= 15 is 0 Å². The number of nitrogens with zero attached hydrogens (tertiary/aromatic N) is 4. The Bertz CT molecular complexity index is 1130. The second-order valence-electron chi connectivity index (χ2n) is 6.58. The van der Waals surface area contributed by atoms with Crippen LogP contribution < -0.4 is 4.72 Å². The number of rotatable bonds is 7. The van der Waals surface area contributed by atoms with E-state index in [0.717, 1.165) is 11.4 Å². The first-order valence-corrected chi connectivity index (χ1v) is 10.5. The van der Waals surface area contributed by atoms with Crippen LogP contribution in [-0.2, 0) is 28.4 Å². The lowest BCUT2D eigenvalue weighted by Crippen LogP contribution is -2.23. The quantitative estimate of drug-likeness (QED) is 0.588. The Hall–Kier alpha value is -2.98. The molecule has 0 aliphatic heterocycles. The Morgan fingerprint density at radius 1 is 1.24 bits per heavy atom. The number of carbonyl (C=O) groups is 1. The van der Waals surface area contributed by atoms with Gasteiger partial charge in [0.2, 0.25) is 10.0 Å². The SMILES string of the molecule is CCOC(=O)c1cc(S(=O)(=O)NCc2ccc(-n3nc(C)cc3C)nc2)cn1C. The van der Waals surface area contributed by atoms with E-state index in [2.05, 4.69) is 14.8 Å². The van der Waals surface area contributed by atoms with Gasteiger partial charge in [0.15, 0.2) is 5.82 Å². The molecule has 3 aromatic heterocycles. The maximum atomic E-state index is 12.6. The first-order chi connectivity index (χ1) is 13.7. The van der Waals surface area contributed by atoms with E-state index in [1.54, 1.807) is 37.0 Å². The average molecular weight is 417 g/mol. The highest BCUT2D eigenvalue weighted by molar-refractivity contribution is 7.89. The molecule has 3 rings (SSSR count). The Balaban J connectivity index is 1.71. The van der Waals surface area contributed by atoms with Gasteiger partial charge in [-0.1, -0.05) is 6.07 Å². The molecule has 0 aromatic carbocycles. The molecule has 0 unspecified atom stereocenters. The van der Waals surface area contributed by atoms with Gasteiger partial charge in [-0.3, -0.25) is 0 Å². The second kappa shape index (κ2) is 8.18. The zero-order valence-corrected chi connectivity index (χ0v) is 17.5. The molecule has 0 aliphatic carbocycles. The summed E-state index contributed by atoms with van der Waals surface area (Å²) in [6.07, 6.45) is 2.97. The lowest BCUT2D eigenvalue weighted by Gasteiger charge is -2.07. The minimum absolute atomic E-state index is 0.00438. The minimum atomic E-state index is -3.80. The molecule has 0 atom stereocenters. The molecular formula is C19H23N5O4S. The van der Waals surface area contributed by atoms with E-state index < -0.39 is 16.0 Å². The molecule has 3 aromatic rings. The van der Waals surface area contributed by atoms with Crippen LogP contribution in [0.15, 0.2) is 41.6 Å². The fourth-order valence-electron chi connectivity index (χ4n) is 2.86. The van der Waals surface area contributed by atoms with E-state index in [4.69, 9.17) is 4.74 Å². The summed E-state index contributed by atoms with van der Waals surface area (Å²) in [6, 6.07) is 6.82. The summed E-state index contributed by atoms with van der Waals surface area (Å²) in [6.45, 7) is 5.81. The fraction of sp³-hybridized carbons (Fsp3) is 0.316. The van der Waals surface area contributed by atoms with Gasteiger partial charge < -0.3 is 9.30 Å². The molecule has 0 fully saturated rings. The van der Waals surface area contributed by atoms with Crippen LogP contribution in [0.3, 0.4) is 0 Å². The molecule has 29 heavy (non-hydrogen) atoms. The number of esters is 1. The van der Waals surface area contributed by atoms with Crippen molar-refractivity contribution in [3.63, 3.8) is 0 Å². The predicted molar refractivity (Wildman–Crippen MR) is 106 cm³/mol. The van der Waals surface area contributed by atoms with E-state index in [1.165, 1.54) is 16.8 Å². The lowest BCUT2D eigenvalue weighted by molar-refractivity contribution is 0.0515. The van der Waals surface area contributed by atoms with Crippen molar-refractivity contribution in [2.75, 3.05) is 6.61 Å². The van der Waals surface area contributed by atoms with Crippen molar-refractivity contribution in [3.05, 3.63) is 59.3 Å². The Morgan fingerprint density at radius 2 is 2.00 bits per heavy atom. The molecule has 0 radical (unpaired) electrons. The monoisotopic (exact) mass is 417 g/mol.